The molecule has 0 aliphatic carbocycles. The molecular formula is C21H27ClN7O8P. The number of fused-ring (bicyclic) bond motifs is 1. The Kier molecular flexibility index (Phi) is 7.93. The van der Waals surface area contributed by atoms with Crippen molar-refractivity contribution in [2.24, 2.45) is 5.84 Å². The van der Waals surface area contributed by atoms with E-state index in [2.05, 4.69) is 24.8 Å². The number of methoxy groups -OCH3 is 1. The van der Waals surface area contributed by atoms with Gasteiger partial charge >= 0.3 is 13.7 Å². The smallest absolute Gasteiger partial charge is 0.461 e. The monoisotopic (exact) mass is 571 g/mol. The molecule has 0 saturated carbocycles. The van der Waals surface area contributed by atoms with Crippen LogP contribution in [0.5, 0.6) is 5.75 Å². The molecule has 1 fully saturated rings. The highest BCUT2D eigenvalue weighted by atomic mass is 35.5. The Morgan fingerprint density at radius 2 is 2.03 bits per heavy atom. The Morgan fingerprint density at radius 3 is 2.66 bits per heavy atom. The van der Waals surface area contributed by atoms with Gasteiger partial charge in [-0.1, -0.05) is 11.6 Å². The van der Waals surface area contributed by atoms with E-state index in [1.165, 1.54) is 60.3 Å². The molecule has 3 heterocycles. The maximum Gasteiger partial charge on any atom is 0.461 e. The van der Waals surface area contributed by atoms with Crippen LogP contribution in [0.1, 0.15) is 20.1 Å². The molecule has 0 amide bonds. The minimum Gasteiger partial charge on any atom is -0.468 e. The first-order chi connectivity index (χ1) is 17.9. The fourth-order valence-electron chi connectivity index (χ4n) is 3.78. The van der Waals surface area contributed by atoms with Gasteiger partial charge in [0.05, 0.1) is 13.4 Å². The standard InChI is InChI=1S/C21H27ClN7O8P/c1-11(18(31)34-4)27-38(33,36-13-7-5-12(22)6-8-13)37-19-15(30)21(2,32)20(35-19)29-10-26-14-16(28(3)23)24-9-25-17(14)29/h5-11,15,19-20,30,32H,23H2,1-4H3,(H,27,33)/t11-,15?,19?,20+,21+,38?/m0/s1. The molecule has 1 aromatic carbocycles. The Bertz CT molecular complexity index is 1360. The number of anilines is 1. The van der Waals surface area contributed by atoms with Crippen molar-refractivity contribution in [2.75, 3.05) is 19.2 Å². The SMILES string of the molecule is COC(=O)[C@H](C)NP(=O)(Oc1ccc(Cl)cc1)OC1O[C@@H](n2cnc3c(N(C)N)ncnc32)[C@](C)(O)C1O. The van der Waals surface area contributed by atoms with E-state index < -0.39 is 44.0 Å². The van der Waals surface area contributed by atoms with Crippen molar-refractivity contribution >= 4 is 42.3 Å². The summed E-state index contributed by atoms with van der Waals surface area (Å²) in [5, 5.41) is 26.3. The van der Waals surface area contributed by atoms with Gasteiger partial charge in [0.15, 0.2) is 23.2 Å². The summed E-state index contributed by atoms with van der Waals surface area (Å²) in [5.41, 5.74) is -1.44. The average molecular weight is 572 g/mol. The van der Waals surface area contributed by atoms with Crippen LogP contribution in [0, 0.1) is 0 Å². The lowest BCUT2D eigenvalue weighted by molar-refractivity contribution is -0.143. The molecule has 0 bridgehead atoms. The first-order valence-corrected chi connectivity index (χ1v) is 13.1. The third kappa shape index (κ3) is 5.46. The maximum atomic E-state index is 13.8. The minimum atomic E-state index is -4.46. The van der Waals surface area contributed by atoms with Crippen LogP contribution in [0.15, 0.2) is 36.9 Å². The van der Waals surface area contributed by atoms with Gasteiger partial charge in [-0.2, -0.15) is 5.09 Å². The van der Waals surface area contributed by atoms with Crippen molar-refractivity contribution in [3.8, 4) is 5.75 Å². The molecule has 3 unspecified atom stereocenters. The molecule has 206 valence electrons. The van der Waals surface area contributed by atoms with Crippen molar-refractivity contribution in [3.63, 3.8) is 0 Å². The van der Waals surface area contributed by atoms with Crippen LogP contribution in [-0.4, -0.2) is 73.9 Å². The van der Waals surface area contributed by atoms with E-state index in [1.807, 2.05) is 0 Å². The molecule has 6 atom stereocenters. The molecule has 2 aromatic heterocycles. The van der Waals surface area contributed by atoms with Gasteiger partial charge in [-0.15, -0.1) is 0 Å². The Balaban J connectivity index is 1.65. The Hall–Kier alpha value is -2.88. The Labute approximate surface area is 222 Å². The molecule has 1 aliphatic heterocycles. The van der Waals surface area contributed by atoms with Crippen LogP contribution in [0.3, 0.4) is 0 Å². The van der Waals surface area contributed by atoms with Gasteiger partial charge in [0.2, 0.25) is 6.29 Å². The lowest BCUT2D eigenvalue weighted by Gasteiger charge is -2.27. The number of carbonyl (C=O) groups excluding carboxylic acids is 1. The molecule has 1 aliphatic rings. The van der Waals surface area contributed by atoms with Crippen molar-refractivity contribution < 1.29 is 38.1 Å². The molecule has 5 N–H and O–H groups in total. The number of benzene rings is 1. The van der Waals surface area contributed by atoms with Crippen molar-refractivity contribution in [3.05, 3.63) is 41.9 Å². The van der Waals surface area contributed by atoms with Crippen LogP contribution >= 0.6 is 19.3 Å². The molecule has 4 rings (SSSR count). The summed E-state index contributed by atoms with van der Waals surface area (Å²) >= 11 is 5.91. The van der Waals surface area contributed by atoms with Crippen molar-refractivity contribution in [2.45, 2.75) is 44.1 Å². The van der Waals surface area contributed by atoms with E-state index in [0.29, 0.717) is 16.4 Å². The number of aliphatic hydroxyl groups is 2. The van der Waals surface area contributed by atoms with Gasteiger partial charge in [-0.3, -0.25) is 18.9 Å². The normalized spacial score (nSPS) is 25.6. The number of aromatic nitrogens is 4. The minimum absolute atomic E-state index is 0.0776. The second kappa shape index (κ2) is 10.7. The topological polar surface area (TPSA) is 196 Å². The number of hydrazine groups is 1. The van der Waals surface area contributed by atoms with Crippen LogP contribution < -0.4 is 20.5 Å². The number of imidazole rings is 1. The van der Waals surface area contributed by atoms with Crippen LogP contribution in [0.25, 0.3) is 11.2 Å². The van der Waals surface area contributed by atoms with Crippen molar-refractivity contribution in [1.82, 2.24) is 24.6 Å². The number of ether oxygens (including phenoxy) is 2. The van der Waals surface area contributed by atoms with Gasteiger partial charge in [0.1, 0.15) is 29.8 Å². The van der Waals surface area contributed by atoms with Gasteiger partial charge in [0, 0.05) is 12.1 Å². The number of esters is 1. The molecule has 0 radical (unpaired) electrons. The van der Waals surface area contributed by atoms with Gasteiger partial charge < -0.3 is 24.2 Å². The van der Waals surface area contributed by atoms with E-state index in [0.717, 1.165) is 7.11 Å². The number of aliphatic hydroxyl groups excluding tert-OH is 1. The van der Waals surface area contributed by atoms with Gasteiger partial charge in [-0.05, 0) is 38.1 Å². The van der Waals surface area contributed by atoms with Crippen molar-refractivity contribution in [1.29, 1.82) is 0 Å². The summed E-state index contributed by atoms with van der Waals surface area (Å²) in [4.78, 5) is 24.5. The van der Waals surface area contributed by atoms with Gasteiger partial charge in [0.25, 0.3) is 0 Å². The fourth-order valence-corrected chi connectivity index (χ4v) is 5.48. The summed E-state index contributed by atoms with van der Waals surface area (Å²) in [6.07, 6.45) is -2.16. The zero-order valence-corrected chi connectivity index (χ0v) is 22.4. The maximum absolute atomic E-state index is 13.8. The van der Waals surface area contributed by atoms with E-state index in [1.54, 1.807) is 7.05 Å². The molecule has 38 heavy (non-hydrogen) atoms. The van der Waals surface area contributed by atoms with E-state index in [9.17, 15) is 19.6 Å². The van der Waals surface area contributed by atoms with E-state index >= 15 is 0 Å². The quantitative estimate of drug-likeness (QED) is 0.123. The highest BCUT2D eigenvalue weighted by molar-refractivity contribution is 7.52. The number of halogens is 1. The molecule has 0 spiro atoms. The number of nitrogens with zero attached hydrogens (tertiary/aromatic N) is 5. The predicted molar refractivity (Wildman–Crippen MR) is 134 cm³/mol. The summed E-state index contributed by atoms with van der Waals surface area (Å²) in [7, 11) is -1.73. The Morgan fingerprint density at radius 1 is 1.34 bits per heavy atom. The van der Waals surface area contributed by atoms with Gasteiger partial charge in [-0.25, -0.2) is 25.4 Å². The first-order valence-electron chi connectivity index (χ1n) is 11.2. The summed E-state index contributed by atoms with van der Waals surface area (Å²) in [6, 6.07) is 4.69. The lowest BCUT2D eigenvalue weighted by Crippen LogP contribution is -2.44. The largest absolute Gasteiger partial charge is 0.468 e. The highest BCUT2D eigenvalue weighted by Crippen LogP contribution is 2.51. The molecular weight excluding hydrogens is 545 g/mol. The first kappa shape index (κ1) is 28.1. The van der Waals surface area contributed by atoms with Crippen LogP contribution in [0.4, 0.5) is 5.82 Å². The number of rotatable bonds is 9. The molecule has 15 nitrogen and oxygen atoms in total. The molecule has 3 aromatic rings. The summed E-state index contributed by atoms with van der Waals surface area (Å²) in [6.45, 7) is 2.67. The second-order valence-corrected chi connectivity index (χ2v) is 10.8. The van der Waals surface area contributed by atoms with E-state index in [4.69, 9.17) is 31.2 Å². The average Bonchev–Trinajstić information content (AvgIpc) is 3.38. The number of hydrogen-bond donors (Lipinski definition) is 4. The van der Waals surface area contributed by atoms with Crippen LogP contribution in [0.2, 0.25) is 5.02 Å². The number of hydrogen-bond acceptors (Lipinski definition) is 13. The lowest BCUT2D eigenvalue weighted by atomic mass is 9.99. The summed E-state index contributed by atoms with van der Waals surface area (Å²) < 4.78 is 36.8. The fraction of sp³-hybridized carbons (Fsp3) is 0.429. The zero-order chi connectivity index (χ0) is 27.8. The second-order valence-electron chi connectivity index (χ2n) is 8.68. The van der Waals surface area contributed by atoms with Crippen LogP contribution in [-0.2, 0) is 23.4 Å². The molecule has 1 saturated heterocycles. The highest BCUT2D eigenvalue weighted by Gasteiger charge is 2.56. The number of nitrogens with one attached hydrogen (secondary N) is 1. The third-order valence-corrected chi connectivity index (χ3v) is 7.63. The van der Waals surface area contributed by atoms with E-state index in [-0.39, 0.29) is 11.4 Å². The number of carbonyl (C=O) groups is 1. The number of nitrogens with two attached hydrogens (primary N) is 1. The third-order valence-electron chi connectivity index (χ3n) is 5.73. The zero-order valence-electron chi connectivity index (χ0n) is 20.8. The summed E-state index contributed by atoms with van der Waals surface area (Å²) in [5.74, 6) is 5.44. The molecule has 17 heteroatoms. The predicted octanol–water partition coefficient (Wildman–Crippen LogP) is 1.11.